The Morgan fingerprint density at radius 2 is 2.31 bits per heavy atom. The highest BCUT2D eigenvalue weighted by Gasteiger charge is 2.04. The van der Waals surface area contributed by atoms with Crippen LogP contribution in [-0.2, 0) is 6.42 Å². The monoisotopic (exact) mass is 254 g/mol. The predicted molar refractivity (Wildman–Crippen MR) is 67.4 cm³/mol. The maximum Gasteiger partial charge on any atom is 0.280 e. The Morgan fingerprint density at radius 3 is 2.94 bits per heavy atom. The fourth-order valence-electron chi connectivity index (χ4n) is 1.30. The lowest BCUT2D eigenvalue weighted by Crippen LogP contribution is -1.86. The van der Waals surface area contributed by atoms with E-state index < -0.39 is 0 Å². The van der Waals surface area contributed by atoms with Gasteiger partial charge >= 0.3 is 0 Å². The molecule has 0 unspecified atom stereocenters. The summed E-state index contributed by atoms with van der Waals surface area (Å²) in [7, 11) is 0. The minimum absolute atomic E-state index is 0.543. The number of halogens is 1. The van der Waals surface area contributed by atoms with Crippen molar-refractivity contribution < 1.29 is 4.74 Å². The van der Waals surface area contributed by atoms with Gasteiger partial charge in [0.05, 0.1) is 6.20 Å². The van der Waals surface area contributed by atoms with Crippen molar-refractivity contribution in [2.24, 2.45) is 0 Å². The largest absolute Gasteiger partial charge is 0.431 e. The molecule has 0 spiro atoms. The molecular formula is C11H11ClN2OS. The number of hydrogen-bond donors (Lipinski definition) is 1. The first-order chi connectivity index (χ1) is 7.69. The molecule has 1 heterocycles. The zero-order chi connectivity index (χ0) is 11.5. The van der Waals surface area contributed by atoms with Gasteiger partial charge in [0, 0.05) is 5.02 Å². The standard InChI is InChI=1S/C11H11ClN2OS/c1-2-7-5-8(3-4-9(7)12)15-11-14-6-10(13)16-11/h3-6H,2,13H2,1H3. The first-order valence-electron chi connectivity index (χ1n) is 4.86. The number of benzene rings is 1. The third kappa shape index (κ3) is 2.46. The number of aromatic nitrogens is 1. The average molecular weight is 255 g/mol. The van der Waals surface area contributed by atoms with Crippen LogP contribution in [0.15, 0.2) is 24.4 Å². The van der Waals surface area contributed by atoms with Crippen LogP contribution in [0.1, 0.15) is 12.5 Å². The van der Waals surface area contributed by atoms with Crippen LogP contribution in [0.25, 0.3) is 0 Å². The Bertz CT molecular complexity index is 498. The van der Waals surface area contributed by atoms with Crippen LogP contribution in [0.3, 0.4) is 0 Å². The number of aryl methyl sites for hydroxylation is 1. The van der Waals surface area contributed by atoms with Gasteiger partial charge in [0.15, 0.2) is 0 Å². The Labute approximate surface area is 103 Å². The first-order valence-corrected chi connectivity index (χ1v) is 6.06. The summed E-state index contributed by atoms with van der Waals surface area (Å²) in [6.07, 6.45) is 2.45. The molecule has 1 aromatic carbocycles. The number of nitrogens with two attached hydrogens (primary N) is 1. The summed E-state index contributed by atoms with van der Waals surface area (Å²) in [5.74, 6) is 0.732. The average Bonchev–Trinajstić information content (AvgIpc) is 2.67. The SMILES string of the molecule is CCc1cc(Oc2ncc(N)s2)ccc1Cl. The van der Waals surface area contributed by atoms with Crippen molar-refractivity contribution in [3.63, 3.8) is 0 Å². The molecule has 5 heteroatoms. The summed E-state index contributed by atoms with van der Waals surface area (Å²) in [6.45, 7) is 2.05. The number of rotatable bonds is 3. The molecule has 2 N–H and O–H groups in total. The molecule has 0 radical (unpaired) electrons. The maximum atomic E-state index is 6.01. The van der Waals surface area contributed by atoms with Crippen molar-refractivity contribution in [3.05, 3.63) is 35.0 Å². The number of hydrogen-bond acceptors (Lipinski definition) is 4. The predicted octanol–water partition coefficient (Wildman–Crippen LogP) is 3.73. The van der Waals surface area contributed by atoms with Crippen molar-refractivity contribution in [2.45, 2.75) is 13.3 Å². The van der Waals surface area contributed by atoms with E-state index in [4.69, 9.17) is 22.1 Å². The van der Waals surface area contributed by atoms with E-state index >= 15 is 0 Å². The second-order valence-corrected chi connectivity index (χ2v) is 4.67. The van der Waals surface area contributed by atoms with Gasteiger partial charge in [-0.1, -0.05) is 29.9 Å². The summed E-state index contributed by atoms with van der Waals surface area (Å²) in [4.78, 5) is 4.03. The molecule has 0 aliphatic carbocycles. The number of nitrogen functional groups attached to an aromatic ring is 1. The van der Waals surface area contributed by atoms with Crippen molar-refractivity contribution >= 4 is 27.9 Å². The van der Waals surface area contributed by atoms with E-state index in [0.29, 0.717) is 10.2 Å². The zero-order valence-electron chi connectivity index (χ0n) is 8.74. The molecular weight excluding hydrogens is 244 g/mol. The Hall–Kier alpha value is -1.26. The molecule has 3 nitrogen and oxygen atoms in total. The molecule has 84 valence electrons. The summed E-state index contributed by atoms with van der Waals surface area (Å²) in [5, 5.41) is 1.94. The Kier molecular flexibility index (Phi) is 3.31. The quantitative estimate of drug-likeness (QED) is 0.908. The van der Waals surface area contributed by atoms with Crippen molar-refractivity contribution in [3.8, 4) is 10.9 Å². The van der Waals surface area contributed by atoms with Crippen LogP contribution in [0.2, 0.25) is 5.02 Å². The van der Waals surface area contributed by atoms with E-state index in [1.54, 1.807) is 6.20 Å². The van der Waals surface area contributed by atoms with Crippen LogP contribution >= 0.6 is 22.9 Å². The molecule has 0 saturated carbocycles. The molecule has 0 bridgehead atoms. The van der Waals surface area contributed by atoms with Gasteiger partial charge in [-0.2, -0.15) is 0 Å². The second kappa shape index (κ2) is 4.72. The highest BCUT2D eigenvalue weighted by Crippen LogP contribution is 2.30. The lowest BCUT2D eigenvalue weighted by molar-refractivity contribution is 0.478. The minimum Gasteiger partial charge on any atom is -0.431 e. The fourth-order valence-corrected chi connectivity index (χ4v) is 2.10. The van der Waals surface area contributed by atoms with Gasteiger partial charge in [-0.25, -0.2) is 4.98 Å². The van der Waals surface area contributed by atoms with E-state index in [9.17, 15) is 0 Å². The van der Waals surface area contributed by atoms with Gasteiger partial charge in [-0.3, -0.25) is 0 Å². The highest BCUT2D eigenvalue weighted by molar-refractivity contribution is 7.17. The summed E-state index contributed by atoms with van der Waals surface area (Å²) in [5.41, 5.74) is 6.63. The van der Waals surface area contributed by atoms with E-state index in [1.807, 2.05) is 25.1 Å². The maximum absolute atomic E-state index is 6.01. The molecule has 0 amide bonds. The van der Waals surface area contributed by atoms with Gasteiger partial charge in [0.1, 0.15) is 10.8 Å². The van der Waals surface area contributed by atoms with Crippen LogP contribution in [0.4, 0.5) is 5.00 Å². The van der Waals surface area contributed by atoms with Crippen molar-refractivity contribution in [2.75, 3.05) is 5.73 Å². The van der Waals surface area contributed by atoms with E-state index in [2.05, 4.69) is 4.98 Å². The zero-order valence-corrected chi connectivity index (χ0v) is 10.3. The molecule has 0 aliphatic rings. The molecule has 1 aromatic heterocycles. The van der Waals surface area contributed by atoms with Gasteiger partial charge < -0.3 is 10.5 Å². The molecule has 16 heavy (non-hydrogen) atoms. The lowest BCUT2D eigenvalue weighted by Gasteiger charge is -2.05. The normalized spacial score (nSPS) is 10.4. The van der Waals surface area contributed by atoms with Crippen molar-refractivity contribution in [1.82, 2.24) is 4.98 Å². The highest BCUT2D eigenvalue weighted by atomic mass is 35.5. The number of nitrogens with zero attached hydrogens (tertiary/aromatic N) is 1. The lowest BCUT2D eigenvalue weighted by atomic mass is 10.2. The molecule has 0 aliphatic heterocycles. The van der Waals surface area contributed by atoms with E-state index in [1.165, 1.54) is 11.3 Å². The fraction of sp³-hybridized carbons (Fsp3) is 0.182. The minimum atomic E-state index is 0.543. The molecule has 0 fully saturated rings. The van der Waals surface area contributed by atoms with Gasteiger partial charge in [-0.05, 0) is 30.2 Å². The van der Waals surface area contributed by atoms with Gasteiger partial charge in [0.25, 0.3) is 5.19 Å². The molecule has 2 rings (SSSR count). The first kappa shape index (κ1) is 11.2. The Morgan fingerprint density at radius 1 is 1.50 bits per heavy atom. The van der Waals surface area contributed by atoms with E-state index in [-0.39, 0.29) is 0 Å². The molecule has 0 atom stereocenters. The van der Waals surface area contributed by atoms with Gasteiger partial charge in [-0.15, -0.1) is 0 Å². The number of ether oxygens (including phenoxy) is 1. The molecule has 0 saturated heterocycles. The topological polar surface area (TPSA) is 48.1 Å². The third-order valence-corrected chi connectivity index (χ3v) is 3.18. The second-order valence-electron chi connectivity index (χ2n) is 3.24. The summed E-state index contributed by atoms with van der Waals surface area (Å²) in [6, 6.07) is 5.56. The molecule has 2 aromatic rings. The number of thiazole rings is 1. The van der Waals surface area contributed by atoms with Crippen LogP contribution in [-0.4, -0.2) is 4.98 Å². The Balaban J connectivity index is 2.21. The van der Waals surface area contributed by atoms with Crippen molar-refractivity contribution in [1.29, 1.82) is 0 Å². The van der Waals surface area contributed by atoms with Gasteiger partial charge in [0.2, 0.25) is 0 Å². The summed E-state index contributed by atoms with van der Waals surface area (Å²) < 4.78 is 5.57. The van der Waals surface area contributed by atoms with Crippen LogP contribution in [0.5, 0.6) is 10.9 Å². The third-order valence-electron chi connectivity index (χ3n) is 2.11. The number of anilines is 1. The van der Waals surface area contributed by atoms with E-state index in [0.717, 1.165) is 22.8 Å². The van der Waals surface area contributed by atoms with Crippen LogP contribution < -0.4 is 10.5 Å². The van der Waals surface area contributed by atoms with Crippen LogP contribution in [0, 0.1) is 0 Å². The summed E-state index contributed by atoms with van der Waals surface area (Å²) >= 11 is 7.33. The smallest absolute Gasteiger partial charge is 0.280 e.